The third-order valence-electron chi connectivity index (χ3n) is 23.0. The van der Waals surface area contributed by atoms with Crippen molar-refractivity contribution in [3.05, 3.63) is 280 Å². The third kappa shape index (κ3) is 20.0. The summed E-state index contributed by atoms with van der Waals surface area (Å²) in [6.45, 7) is 8.86. The highest BCUT2D eigenvalue weighted by Crippen LogP contribution is 2.35. The van der Waals surface area contributed by atoms with E-state index in [1.807, 2.05) is 120 Å². The summed E-state index contributed by atoms with van der Waals surface area (Å²) in [5.74, 6) is 0.339. The van der Waals surface area contributed by atoms with E-state index in [1.54, 1.807) is 61.6 Å². The smallest absolute Gasteiger partial charge is 0.416 e. The molecule has 126 heavy (non-hydrogen) atoms. The van der Waals surface area contributed by atoms with E-state index < -0.39 is 22.5 Å². The quantitative estimate of drug-likeness (QED) is 0.0263. The molecule has 4 aliphatic rings. The number of piperidine rings is 4. The number of pyridine rings is 4. The van der Waals surface area contributed by atoms with Crippen LogP contribution in [-0.2, 0) is 32.6 Å². The van der Waals surface area contributed by atoms with Crippen molar-refractivity contribution in [2.45, 2.75) is 108 Å². The Balaban J connectivity index is 0.000000119. The Morgan fingerprint density at radius 1 is 0.413 bits per heavy atom. The molecular formula is C91H91Cl2F4N21O8. The molecule has 16 heterocycles. The number of rotatable bonds is 23. The second-order valence-electron chi connectivity index (χ2n) is 31.1. The maximum Gasteiger partial charge on any atom is 0.416 e. The molecule has 4 fully saturated rings. The van der Waals surface area contributed by atoms with Gasteiger partial charge >= 0.3 is 6.18 Å². The topological polar surface area (TPSA) is 289 Å². The van der Waals surface area contributed by atoms with Crippen molar-refractivity contribution in [3.8, 4) is 56.0 Å². The van der Waals surface area contributed by atoms with Crippen molar-refractivity contribution in [1.82, 2.24) is 99.2 Å². The number of hydrogen-bond donors (Lipinski definition) is 4. The molecule has 0 spiro atoms. The average molecular weight is 1750 g/mol. The number of nitro groups is 1. The van der Waals surface area contributed by atoms with Crippen LogP contribution >= 0.6 is 23.2 Å². The van der Waals surface area contributed by atoms with E-state index in [9.17, 15) is 27.7 Å². The molecule has 35 heteroatoms. The van der Waals surface area contributed by atoms with E-state index in [-0.39, 0.29) is 37.9 Å². The highest BCUT2D eigenvalue weighted by Gasteiger charge is 2.31. The standard InChI is InChI=1S/C23H22F3N5O.C23H24FN5O2.C23H24N6O4.C22H21Cl2N5O/c24-23(25,26)19-3-1-16(2-4-19)15-32-31-10-7-21-22(31)11-17(12-28-21)18-13-29-30(14-18)20-5-8-27-9-6-20;1-30-23-3-2-16(10-20(23)24)15-31-29-9-6-21-22(29)11-17(12-26-21)18-13-27-28(14-18)19-4-7-25-8-5-19;1-32-23-3-2-20(29(30)31)10-17(23)15-33-28-9-6-21-22(28)11-16(12-25-21)18-13-26-27(14-18)19-4-7-24-8-5-19;23-19-2-1-3-20(24)18(19)14-30-29-9-6-21-22(29)10-15(11-26-21)16-12-27-28(13-16)17-4-7-25-8-5-17/h1-4,7,10-14,20,27H,5-6,8-9,15H2;2-3,6,9-14,19,25H,4-5,7-8,15H2,1H3;2-3,6,9-14,19,24H,4-5,7-8,15H2,1H3;1-3,6,9-13,17,25H,4-5,7-8,14H2. The molecular weight excluding hydrogens is 1660 g/mol. The minimum atomic E-state index is -4.35. The highest BCUT2D eigenvalue weighted by atomic mass is 35.5. The van der Waals surface area contributed by atoms with E-state index in [0.717, 1.165) is 210 Å². The molecule has 0 aliphatic carbocycles. The molecule has 12 aromatic heterocycles. The SMILES string of the molecule is COc1ccc(COn2ccc3ncc(-c4cnn(C5CCNCC5)c4)cc32)cc1F.COc1ccc([N+](=O)[O-])cc1COn1ccc2ncc(-c3cnn(C4CCNCC4)c3)cc21.Clc1cccc(Cl)c1COn1ccc2ncc(-c3cnn(C4CCNCC4)c3)cc21.FC(F)(F)c1ccc(COn2ccc3ncc(-c4cnn(C5CCNCC5)c4)cc32)cc1. The van der Waals surface area contributed by atoms with Crippen molar-refractivity contribution >= 4 is 73.0 Å². The first-order valence-corrected chi connectivity index (χ1v) is 42.4. The fourth-order valence-electron chi connectivity index (χ4n) is 15.9. The molecule has 4 N–H and O–H groups in total. The van der Waals surface area contributed by atoms with Gasteiger partial charge in [0.05, 0.1) is 95.7 Å². The van der Waals surface area contributed by atoms with Crippen LogP contribution in [0.1, 0.15) is 103 Å². The Morgan fingerprint density at radius 2 is 0.754 bits per heavy atom. The minimum absolute atomic E-state index is 0.0125. The molecule has 16 aromatic rings. The molecule has 0 radical (unpaired) electrons. The lowest BCUT2D eigenvalue weighted by molar-refractivity contribution is -0.385. The van der Waals surface area contributed by atoms with Crippen molar-refractivity contribution in [2.75, 3.05) is 66.6 Å². The Bertz CT molecular complexity index is 6390. The van der Waals surface area contributed by atoms with Gasteiger partial charge in [0.15, 0.2) is 11.6 Å². The molecule has 0 amide bonds. The number of nitrogens with one attached hydrogen (secondary N) is 4. The summed E-state index contributed by atoms with van der Waals surface area (Å²) in [6.07, 6.45) is 34.7. The van der Waals surface area contributed by atoms with Gasteiger partial charge in [0.2, 0.25) is 0 Å². The number of fused-ring (bicyclic) bond motifs is 4. The maximum atomic E-state index is 13.9. The Labute approximate surface area is 730 Å². The van der Waals surface area contributed by atoms with Crippen LogP contribution < -0.4 is 50.1 Å². The van der Waals surface area contributed by atoms with Crippen molar-refractivity contribution in [2.24, 2.45) is 0 Å². The van der Waals surface area contributed by atoms with Crippen LogP contribution in [0.2, 0.25) is 10.0 Å². The maximum absolute atomic E-state index is 13.9. The Kier molecular flexibility index (Phi) is 26.3. The zero-order chi connectivity index (χ0) is 86.6. The van der Waals surface area contributed by atoms with Gasteiger partial charge in [-0.1, -0.05) is 47.5 Å². The van der Waals surface area contributed by atoms with Gasteiger partial charge in [0.1, 0.15) is 54.2 Å². The summed E-state index contributed by atoms with van der Waals surface area (Å²) < 4.78 is 77.3. The zero-order valence-electron chi connectivity index (χ0n) is 68.9. The highest BCUT2D eigenvalue weighted by molar-refractivity contribution is 6.36. The lowest BCUT2D eigenvalue weighted by Gasteiger charge is -2.22. The number of nitrogens with zero attached hydrogens (tertiary/aromatic N) is 17. The predicted molar refractivity (Wildman–Crippen MR) is 470 cm³/mol. The average Bonchev–Trinajstić information content (AvgIpc) is 1.63. The van der Waals surface area contributed by atoms with Crippen LogP contribution in [0, 0.1) is 15.9 Å². The van der Waals surface area contributed by atoms with Crippen molar-refractivity contribution in [1.29, 1.82) is 0 Å². The number of alkyl halides is 3. The molecule has 29 nitrogen and oxygen atoms in total. The summed E-state index contributed by atoms with van der Waals surface area (Å²) in [5.41, 5.74) is 16.5. The first-order valence-electron chi connectivity index (χ1n) is 41.6. The summed E-state index contributed by atoms with van der Waals surface area (Å²) in [6, 6.07) is 37.0. The first kappa shape index (κ1) is 85.0. The number of methoxy groups -OCH3 is 2. The Hall–Kier alpha value is -13.2. The van der Waals surface area contributed by atoms with Crippen LogP contribution in [0.4, 0.5) is 23.2 Å². The summed E-state index contributed by atoms with van der Waals surface area (Å²) in [7, 11) is 2.97. The minimum Gasteiger partial charge on any atom is -0.496 e. The number of non-ortho nitro benzene ring substituents is 1. The summed E-state index contributed by atoms with van der Waals surface area (Å²) in [4.78, 5) is 52.6. The van der Waals surface area contributed by atoms with Gasteiger partial charge in [-0.2, -0.15) is 52.5 Å². The Morgan fingerprint density at radius 3 is 1.10 bits per heavy atom. The fourth-order valence-corrected chi connectivity index (χ4v) is 16.4. The monoisotopic (exact) mass is 1750 g/mol. The van der Waals surface area contributed by atoms with Crippen molar-refractivity contribution in [3.63, 3.8) is 0 Å². The van der Waals surface area contributed by atoms with Crippen LogP contribution in [0.15, 0.2) is 227 Å². The van der Waals surface area contributed by atoms with Crippen LogP contribution in [-0.4, -0.2) is 149 Å². The molecule has 0 saturated carbocycles. The number of halogens is 6. The summed E-state index contributed by atoms with van der Waals surface area (Å²) >= 11 is 12.5. The van der Waals surface area contributed by atoms with Gasteiger partial charge < -0.3 is 50.1 Å². The van der Waals surface area contributed by atoms with Crippen LogP contribution in [0.25, 0.3) is 88.6 Å². The number of hydrogen-bond acceptors (Lipinski definition) is 20. The molecule has 4 aliphatic heterocycles. The second kappa shape index (κ2) is 38.9. The van der Waals surface area contributed by atoms with Gasteiger partial charge in [-0.25, -0.2) is 4.39 Å². The van der Waals surface area contributed by atoms with E-state index in [2.05, 4.69) is 102 Å². The van der Waals surface area contributed by atoms with Crippen LogP contribution in [0.3, 0.4) is 0 Å². The van der Waals surface area contributed by atoms with Gasteiger partial charge in [-0.3, -0.25) is 48.8 Å². The number of aromatic nitrogens is 16. The summed E-state index contributed by atoms with van der Waals surface area (Å²) in [5, 5.41) is 44.1. The van der Waals surface area contributed by atoms with E-state index in [1.165, 1.54) is 44.6 Å². The fraction of sp³-hybridized carbons (Fsp3) is 0.297. The molecule has 0 unspecified atom stereocenters. The lowest BCUT2D eigenvalue weighted by atomic mass is 10.1. The first-order chi connectivity index (χ1) is 61.5. The molecule has 0 bridgehead atoms. The van der Waals surface area contributed by atoms with E-state index >= 15 is 0 Å². The van der Waals surface area contributed by atoms with Gasteiger partial charge in [0, 0.05) is 152 Å². The normalized spacial score (nSPS) is 14.9. The molecule has 4 saturated heterocycles. The third-order valence-corrected chi connectivity index (χ3v) is 23.7. The van der Waals surface area contributed by atoms with Crippen molar-refractivity contribution < 1.29 is 51.3 Å². The van der Waals surface area contributed by atoms with Gasteiger partial charge in [0.25, 0.3) is 5.69 Å². The number of nitro benzene ring substituents is 1. The molecule has 0 atom stereocenters. The molecule has 650 valence electrons. The van der Waals surface area contributed by atoms with Gasteiger partial charge in [-0.15, -0.1) is 0 Å². The van der Waals surface area contributed by atoms with E-state index in [0.29, 0.717) is 56.7 Å². The zero-order valence-corrected chi connectivity index (χ0v) is 70.5. The lowest BCUT2D eigenvalue weighted by Crippen LogP contribution is -2.29. The largest absolute Gasteiger partial charge is 0.496 e. The number of benzene rings is 4. The van der Waals surface area contributed by atoms with Crippen LogP contribution in [0.5, 0.6) is 11.5 Å². The predicted octanol–water partition coefficient (Wildman–Crippen LogP) is 16.2. The second-order valence-corrected chi connectivity index (χ2v) is 31.9. The molecule has 20 rings (SSSR count). The number of ether oxygens (including phenoxy) is 2. The van der Waals surface area contributed by atoms with E-state index in [4.69, 9.17) is 52.0 Å². The molecule has 4 aromatic carbocycles. The van der Waals surface area contributed by atoms with Gasteiger partial charge in [-0.05, 0) is 206 Å².